The van der Waals surface area contributed by atoms with Crippen LogP contribution in [0.4, 0.5) is 162 Å². The summed E-state index contributed by atoms with van der Waals surface area (Å²) >= 11 is 0. The molecule has 0 saturated carbocycles. The fourth-order valence-corrected chi connectivity index (χ4v) is 4.05. The first-order valence-electron chi connectivity index (χ1n) is 14.1. The number of rotatable bonds is 20. The summed E-state index contributed by atoms with van der Waals surface area (Å²) in [6.07, 6.45) is -25.2. The van der Waals surface area contributed by atoms with E-state index in [0.717, 1.165) is 0 Å². The van der Waals surface area contributed by atoms with Crippen LogP contribution in [0.3, 0.4) is 0 Å². The molecule has 0 aliphatic rings. The van der Waals surface area contributed by atoms with Crippen LogP contribution in [0.25, 0.3) is 0 Å². The van der Waals surface area contributed by atoms with Gasteiger partial charge in [-0.1, -0.05) is 6.58 Å². The minimum Gasteiger partial charge on any atom is -0.460 e. The summed E-state index contributed by atoms with van der Waals surface area (Å²) in [5, 5.41) is 9.06. The van der Waals surface area contributed by atoms with E-state index in [1.165, 1.54) is 0 Å². The Morgan fingerprint density at radius 2 is 0.562 bits per heavy atom. The predicted molar refractivity (Wildman–Crippen MR) is 122 cm³/mol. The van der Waals surface area contributed by atoms with Crippen molar-refractivity contribution in [2.24, 2.45) is 0 Å². The van der Waals surface area contributed by atoms with Gasteiger partial charge in [0, 0.05) is 12.5 Å². The lowest BCUT2D eigenvalue weighted by Crippen LogP contribution is -2.81. The molecule has 3 nitrogen and oxygen atoms in total. The molecule has 0 aliphatic heterocycles. The van der Waals surface area contributed by atoms with Crippen LogP contribution in [0.5, 0.6) is 0 Å². The van der Waals surface area contributed by atoms with Gasteiger partial charge in [0.05, 0.1) is 6.10 Å². The molecule has 1 atom stereocenters. The average Bonchev–Trinajstić information content (AvgIpc) is 3.07. The highest BCUT2D eigenvalue weighted by molar-refractivity contribution is 5.81. The number of aliphatic hydroxyl groups excluding tert-OH is 1. The summed E-state index contributed by atoms with van der Waals surface area (Å²) in [6.45, 7) is 0.383. The molecule has 0 radical (unpaired) electrons. The maximum atomic E-state index is 14.1. The van der Waals surface area contributed by atoms with Crippen LogP contribution in [0.2, 0.25) is 0 Å². The molecule has 0 aromatic rings. The second kappa shape index (κ2) is 15.6. The lowest BCUT2D eigenvalue weighted by molar-refractivity contribution is -0.494. The smallest absolute Gasteiger partial charge is 0.438 e. The van der Waals surface area contributed by atoms with Crippen LogP contribution in [0, 0.1) is 0 Å². The molecule has 0 spiro atoms. The van der Waals surface area contributed by atoms with E-state index in [2.05, 4.69) is 11.3 Å². The van der Waals surface area contributed by atoms with Gasteiger partial charge in [0.1, 0.15) is 6.61 Å². The number of carbonyl (C=O) groups excluding carboxylic acids is 1. The monoisotopic (exact) mass is 1050 g/mol. The number of hydrogen-bond donors (Lipinski definition) is 1. The molecule has 0 amide bonds. The second-order valence-corrected chi connectivity index (χ2v) is 12.1. The summed E-state index contributed by atoms with van der Waals surface area (Å²) in [4.78, 5) is 10.7. The van der Waals surface area contributed by atoms with Crippen molar-refractivity contribution in [1.29, 1.82) is 0 Å². The molecule has 0 heterocycles. The van der Waals surface area contributed by atoms with Crippen molar-refractivity contribution < 1.29 is 177 Å². The lowest BCUT2D eigenvalue weighted by Gasteiger charge is -2.47. The van der Waals surface area contributed by atoms with E-state index >= 15 is 0 Å². The molecule has 0 aromatic heterocycles. The van der Waals surface area contributed by atoms with Crippen LogP contribution >= 0.6 is 0 Å². The Morgan fingerprint density at radius 3 is 0.750 bits per heavy atom. The first-order chi connectivity index (χ1) is 27.1. The summed E-state index contributed by atoms with van der Waals surface area (Å²) < 4.78 is 511. The van der Waals surface area contributed by atoms with Crippen molar-refractivity contribution in [1.82, 2.24) is 0 Å². The van der Waals surface area contributed by atoms with Crippen molar-refractivity contribution in [3.63, 3.8) is 0 Å². The van der Waals surface area contributed by atoms with E-state index in [0.29, 0.717) is 0 Å². The van der Waals surface area contributed by atoms with E-state index in [1.807, 2.05) is 0 Å². The molecule has 0 bridgehead atoms. The Morgan fingerprint density at radius 1 is 0.375 bits per heavy atom. The number of esters is 1. The minimum atomic E-state index is -10.5. The molecule has 1 N–H and O–H groups in total. The molecule has 64 heavy (non-hydrogen) atoms. The zero-order chi connectivity index (χ0) is 53.0. The van der Waals surface area contributed by atoms with Gasteiger partial charge in [-0.05, 0) is 0 Å². The fourth-order valence-electron chi connectivity index (χ4n) is 4.05. The molecule has 40 heteroatoms. The summed E-state index contributed by atoms with van der Waals surface area (Å²) in [6, 6.07) is 0. The Balaban J connectivity index is 7.81. The number of halogens is 37. The summed E-state index contributed by atoms with van der Waals surface area (Å²) in [5.41, 5.74) is -9.54. The maximum Gasteiger partial charge on any atom is 0.438 e. The summed E-state index contributed by atoms with van der Waals surface area (Å²) in [5.74, 6) is -151. The standard InChI is InChI=1S/C24H9F37O3/c1-2-6(63)64-4-5(62)3-7(25,26)9(28,29)11(32,33)13(36,37)15(40,41)17(44,45)19(48,49)21(52,53)22(54,55)20(50,51)18(46,47)16(42,43)14(38,39)12(34,35)10(30,31)8(27,23(56,57)58)24(59,60)61/h2,5,62H,1,3-4H2. The Labute approximate surface area is 323 Å². The minimum absolute atomic E-state index is 0.0182. The molecule has 0 fully saturated rings. The highest BCUT2D eigenvalue weighted by atomic mass is 19.4. The Kier molecular flexibility index (Phi) is 14.7. The highest BCUT2D eigenvalue weighted by Crippen LogP contribution is 2.71. The van der Waals surface area contributed by atoms with Crippen molar-refractivity contribution in [3.8, 4) is 0 Å². The average molecular weight is 1050 g/mol. The first-order valence-corrected chi connectivity index (χ1v) is 14.1. The number of carbonyl (C=O) groups is 1. The quantitative estimate of drug-likeness (QED) is 0.0751. The van der Waals surface area contributed by atoms with Gasteiger partial charge in [-0.2, -0.15) is 158 Å². The number of ether oxygens (including phenoxy) is 1. The zero-order valence-electron chi connectivity index (χ0n) is 28.0. The first kappa shape index (κ1) is 60.6. The van der Waals surface area contributed by atoms with Crippen molar-refractivity contribution in [2.45, 2.75) is 119 Å². The zero-order valence-corrected chi connectivity index (χ0v) is 28.0. The van der Waals surface area contributed by atoms with Gasteiger partial charge in [0.25, 0.3) is 0 Å². The van der Waals surface area contributed by atoms with E-state index in [9.17, 15) is 167 Å². The molecular formula is C24H9F37O3. The largest absolute Gasteiger partial charge is 0.460 e. The van der Waals surface area contributed by atoms with Crippen molar-refractivity contribution >= 4 is 5.97 Å². The van der Waals surface area contributed by atoms with Crippen molar-refractivity contribution in [2.75, 3.05) is 6.61 Å². The van der Waals surface area contributed by atoms with E-state index in [1.54, 1.807) is 0 Å². The fraction of sp³-hybridized carbons (Fsp3) is 0.875. The van der Waals surface area contributed by atoms with Gasteiger partial charge < -0.3 is 9.84 Å². The second-order valence-electron chi connectivity index (χ2n) is 12.1. The molecule has 0 aromatic carbocycles. The third kappa shape index (κ3) is 7.44. The number of alkyl halides is 37. The third-order valence-electron chi connectivity index (χ3n) is 7.88. The van der Waals surface area contributed by atoms with Gasteiger partial charge >= 0.3 is 113 Å². The number of aliphatic hydroxyl groups is 1. The summed E-state index contributed by atoms with van der Waals surface area (Å²) in [7, 11) is 0. The van der Waals surface area contributed by atoms with E-state index in [4.69, 9.17) is 5.11 Å². The molecular weight excluding hydrogens is 1040 g/mol. The van der Waals surface area contributed by atoms with Crippen LogP contribution in [-0.4, -0.2) is 131 Å². The highest BCUT2D eigenvalue weighted by Gasteiger charge is 3.03. The van der Waals surface area contributed by atoms with E-state index < -0.39 is 132 Å². The van der Waals surface area contributed by atoms with Gasteiger partial charge in [-0.15, -0.1) is 0 Å². The van der Waals surface area contributed by atoms with Gasteiger partial charge in [0.2, 0.25) is 0 Å². The van der Waals surface area contributed by atoms with Gasteiger partial charge in [-0.3, -0.25) is 0 Å². The van der Waals surface area contributed by atoms with Gasteiger partial charge in [0.15, 0.2) is 0 Å². The molecule has 0 rings (SSSR count). The topological polar surface area (TPSA) is 46.5 Å². The Bertz CT molecular complexity index is 1680. The van der Waals surface area contributed by atoms with Crippen LogP contribution in [-0.2, 0) is 9.53 Å². The predicted octanol–water partition coefficient (Wildman–Crippen LogP) is 11.8. The van der Waals surface area contributed by atoms with Crippen LogP contribution in [0.1, 0.15) is 6.42 Å². The maximum absolute atomic E-state index is 14.1. The number of hydrogen-bond acceptors (Lipinski definition) is 3. The third-order valence-corrected chi connectivity index (χ3v) is 7.88. The SMILES string of the molecule is C=CC(=O)OCC(O)CC(F)(F)C(F)(F)C(F)(F)C(F)(F)C(F)(F)C(F)(F)C(F)(F)C(F)(F)C(F)(F)C(F)(F)C(F)(F)C(F)(F)C(F)(F)C(F)(F)C(F)(F)C(F)(C(F)(F)F)C(F)(F)F. The normalized spacial score (nSPS) is 17.1. The van der Waals surface area contributed by atoms with Crippen LogP contribution < -0.4 is 0 Å². The molecule has 1 unspecified atom stereocenters. The molecule has 382 valence electrons. The Hall–Kier alpha value is -3.42. The lowest BCUT2D eigenvalue weighted by atomic mass is 9.81. The molecule has 0 aliphatic carbocycles. The van der Waals surface area contributed by atoms with E-state index in [-0.39, 0.29) is 6.08 Å². The molecule has 0 saturated heterocycles. The van der Waals surface area contributed by atoms with Crippen LogP contribution in [0.15, 0.2) is 12.7 Å². The van der Waals surface area contributed by atoms with Crippen molar-refractivity contribution in [3.05, 3.63) is 12.7 Å². The van der Waals surface area contributed by atoms with Gasteiger partial charge in [-0.25, -0.2) is 9.18 Å².